The van der Waals surface area contributed by atoms with Gasteiger partial charge in [0.2, 0.25) is 0 Å². The maximum Gasteiger partial charge on any atom is 0.408 e. The van der Waals surface area contributed by atoms with Gasteiger partial charge in [0, 0.05) is 0 Å². The molecule has 0 bridgehead atoms. The van der Waals surface area contributed by atoms with E-state index in [2.05, 4.69) is 0 Å². The Hall–Kier alpha value is 0.998. The molecule has 1 heterocycles. The second-order valence-electron chi connectivity index (χ2n) is 1.37. The third kappa shape index (κ3) is 3.64. The molecule has 4 nitrogen and oxygen atoms in total. The second kappa shape index (κ2) is 4.76. The van der Waals surface area contributed by atoms with Crippen LogP contribution >= 0.6 is 11.1 Å². The molecule has 0 aromatic heterocycles. The fraction of sp³-hybridized carbons (Fsp3) is 0. The summed E-state index contributed by atoms with van der Waals surface area (Å²) in [6.07, 6.45) is 0. The summed E-state index contributed by atoms with van der Waals surface area (Å²) in [7, 11) is -4.20. The topological polar surface area (TPSA) is 36.9 Å². The maximum absolute atomic E-state index is 5.61. The molecule has 0 amide bonds. The molecule has 1 fully saturated rings. The highest BCUT2D eigenvalue weighted by Crippen LogP contribution is 1.94. The van der Waals surface area contributed by atoms with Crippen molar-refractivity contribution >= 4 is 49.7 Å². The fourth-order valence-electron chi connectivity index (χ4n) is 0.378. The van der Waals surface area contributed by atoms with Gasteiger partial charge >= 0.3 is 8.59 Å². The van der Waals surface area contributed by atoms with Crippen molar-refractivity contribution in [3.63, 3.8) is 0 Å². The molecule has 9 heavy (non-hydrogen) atoms. The van der Waals surface area contributed by atoms with Crippen LogP contribution in [0.25, 0.3) is 0 Å². The molecule has 9 heteroatoms. The lowest BCUT2D eigenvalue weighted by atomic mass is 15.7. The molecular formula is H7ClO4Si4. The lowest BCUT2D eigenvalue weighted by Gasteiger charge is -2.14. The van der Waals surface area contributed by atoms with Crippen molar-refractivity contribution in [1.29, 1.82) is 0 Å². The Morgan fingerprint density at radius 3 is 2.11 bits per heavy atom. The van der Waals surface area contributed by atoms with E-state index in [1.54, 1.807) is 0 Å². The minimum absolute atomic E-state index is 0.734. The first kappa shape index (κ1) is 8.10. The lowest BCUT2D eigenvalue weighted by molar-refractivity contribution is 0.341. The number of halogens is 1. The van der Waals surface area contributed by atoms with Gasteiger partial charge in [-0.05, 0) is 0 Å². The largest absolute Gasteiger partial charge is 0.425 e. The van der Waals surface area contributed by atoms with Crippen LogP contribution in [0.3, 0.4) is 0 Å². The summed E-state index contributed by atoms with van der Waals surface area (Å²) in [5.41, 5.74) is 0. The Kier molecular flexibility index (Phi) is 4.28. The Morgan fingerprint density at radius 2 is 1.56 bits per heavy atom. The van der Waals surface area contributed by atoms with E-state index in [-0.39, 0.29) is 0 Å². The quantitative estimate of drug-likeness (QED) is 0.321. The normalized spacial score (nSPS) is 39.0. The highest BCUT2D eigenvalue weighted by Gasteiger charge is 2.11. The van der Waals surface area contributed by atoms with E-state index in [1.807, 2.05) is 0 Å². The van der Waals surface area contributed by atoms with E-state index in [4.69, 9.17) is 27.5 Å². The maximum atomic E-state index is 5.61. The Labute approximate surface area is 66.5 Å². The van der Waals surface area contributed by atoms with E-state index >= 15 is 0 Å². The summed E-state index contributed by atoms with van der Waals surface area (Å²) in [5, 5.41) is 0. The van der Waals surface area contributed by atoms with Crippen LogP contribution in [0.2, 0.25) is 0 Å². The predicted octanol–water partition coefficient (Wildman–Crippen LogP) is -2.98. The van der Waals surface area contributed by atoms with Gasteiger partial charge in [-0.15, -0.1) is 11.1 Å². The summed E-state index contributed by atoms with van der Waals surface area (Å²) < 4.78 is 20.3. The first-order valence-electron chi connectivity index (χ1n) is 2.42. The van der Waals surface area contributed by atoms with Crippen molar-refractivity contribution in [3.8, 4) is 0 Å². The SMILES string of the molecule is Cl[SiH]1O[SiH2]O[SiH2]O[SiH2]O1. The van der Waals surface area contributed by atoms with Gasteiger partial charge in [-0.3, -0.25) is 0 Å². The van der Waals surface area contributed by atoms with Crippen molar-refractivity contribution in [1.82, 2.24) is 0 Å². The third-order valence-electron chi connectivity index (χ3n) is 0.731. The molecule has 0 aromatic rings. The van der Waals surface area contributed by atoms with E-state index in [0.29, 0.717) is 0 Å². The zero-order valence-electron chi connectivity index (χ0n) is 4.71. The van der Waals surface area contributed by atoms with Crippen LogP contribution in [0.4, 0.5) is 0 Å². The van der Waals surface area contributed by atoms with Crippen molar-refractivity contribution in [2.75, 3.05) is 0 Å². The Bertz CT molecular complexity index is 71.0. The van der Waals surface area contributed by atoms with Crippen LogP contribution in [0.5, 0.6) is 0 Å². The van der Waals surface area contributed by atoms with Crippen LogP contribution in [0.15, 0.2) is 0 Å². The average Bonchev–Trinajstić information content (AvgIpc) is 1.79. The van der Waals surface area contributed by atoms with E-state index in [9.17, 15) is 0 Å². The van der Waals surface area contributed by atoms with Gasteiger partial charge in [-0.25, -0.2) is 0 Å². The van der Waals surface area contributed by atoms with E-state index in [0.717, 1.165) is 0 Å². The van der Waals surface area contributed by atoms with Crippen LogP contribution in [0, 0.1) is 0 Å². The van der Waals surface area contributed by atoms with Crippen LogP contribution in [-0.4, -0.2) is 38.6 Å². The Balaban J connectivity index is 2.12. The number of rotatable bonds is 0. The molecule has 54 valence electrons. The van der Waals surface area contributed by atoms with Gasteiger partial charge in [0.1, 0.15) is 0 Å². The van der Waals surface area contributed by atoms with Crippen LogP contribution in [0.1, 0.15) is 0 Å². The first-order valence-corrected chi connectivity index (χ1v) is 8.57. The van der Waals surface area contributed by atoms with Gasteiger partial charge in [-0.1, -0.05) is 0 Å². The van der Waals surface area contributed by atoms with Crippen LogP contribution < -0.4 is 0 Å². The standard InChI is InChI=1S/ClH7O4Si4/c1-9-4-7-2-6-3-8-5-9/h9H,6-8H2. The van der Waals surface area contributed by atoms with Gasteiger partial charge in [-0.2, -0.15) is 0 Å². The van der Waals surface area contributed by atoms with Gasteiger partial charge in [0.05, 0.1) is 0 Å². The third-order valence-corrected chi connectivity index (χ3v) is 8.85. The molecule has 0 atom stereocenters. The zero-order chi connectivity index (χ0) is 6.53. The summed E-state index contributed by atoms with van der Waals surface area (Å²) in [6.45, 7) is 0. The molecule has 0 aromatic carbocycles. The summed E-state index contributed by atoms with van der Waals surface area (Å²) >= 11 is 5.61. The number of hydrogen-bond acceptors (Lipinski definition) is 4. The molecule has 1 aliphatic rings. The van der Waals surface area contributed by atoms with Gasteiger partial charge < -0.3 is 16.5 Å². The molecule has 1 aliphatic heterocycles. The van der Waals surface area contributed by atoms with Gasteiger partial charge in [0.15, 0.2) is 0 Å². The van der Waals surface area contributed by atoms with Crippen molar-refractivity contribution in [2.45, 2.75) is 0 Å². The van der Waals surface area contributed by atoms with Crippen molar-refractivity contribution < 1.29 is 16.5 Å². The monoisotopic (exact) mass is 218 g/mol. The highest BCUT2D eigenvalue weighted by atomic mass is 35.6. The zero-order valence-corrected chi connectivity index (χ0v) is 10.9. The fourth-order valence-corrected chi connectivity index (χ4v) is 7.99. The minimum atomic E-state index is -1.80. The minimum Gasteiger partial charge on any atom is -0.425 e. The molecule has 0 aliphatic carbocycles. The molecule has 0 radical (unpaired) electrons. The molecule has 0 saturated carbocycles. The summed E-state index contributed by atoms with van der Waals surface area (Å²) in [4.78, 5) is 0. The molecular weight excluding hydrogens is 212 g/mol. The Morgan fingerprint density at radius 1 is 1.00 bits per heavy atom. The van der Waals surface area contributed by atoms with E-state index < -0.39 is 38.6 Å². The smallest absolute Gasteiger partial charge is 0.408 e. The average molecular weight is 219 g/mol. The predicted molar refractivity (Wildman–Crippen MR) is 43.0 cm³/mol. The van der Waals surface area contributed by atoms with Gasteiger partial charge in [0.25, 0.3) is 30.0 Å². The van der Waals surface area contributed by atoms with Crippen molar-refractivity contribution in [3.05, 3.63) is 0 Å². The van der Waals surface area contributed by atoms with Crippen LogP contribution in [-0.2, 0) is 16.5 Å². The van der Waals surface area contributed by atoms with E-state index in [1.165, 1.54) is 0 Å². The number of hydrogen-bond donors (Lipinski definition) is 0. The molecule has 0 spiro atoms. The van der Waals surface area contributed by atoms with Crippen molar-refractivity contribution in [2.24, 2.45) is 0 Å². The molecule has 0 N–H and O–H groups in total. The molecule has 1 rings (SSSR count). The lowest BCUT2D eigenvalue weighted by Crippen LogP contribution is -2.29. The first-order chi connectivity index (χ1) is 4.39. The molecule has 1 saturated heterocycles. The second-order valence-corrected chi connectivity index (χ2v) is 9.63. The summed E-state index contributed by atoms with van der Waals surface area (Å²) in [6, 6.07) is 0. The summed E-state index contributed by atoms with van der Waals surface area (Å²) in [5.74, 6) is 0. The highest BCUT2D eigenvalue weighted by molar-refractivity contribution is 7.02. The molecule has 0 unspecified atom stereocenters.